The molecule has 3 fully saturated rings. The van der Waals surface area contributed by atoms with Crippen LogP contribution in [0, 0.1) is 11.8 Å². The highest BCUT2D eigenvalue weighted by molar-refractivity contribution is 8.26. The molecule has 1 aromatic carbocycles. The zero-order valence-corrected chi connectivity index (χ0v) is 22.6. The van der Waals surface area contributed by atoms with Crippen LogP contribution in [0.3, 0.4) is 0 Å². The highest BCUT2D eigenvalue weighted by atomic mass is 32.2. The van der Waals surface area contributed by atoms with E-state index in [-0.39, 0.29) is 25.2 Å². The van der Waals surface area contributed by atoms with Gasteiger partial charge in [0.15, 0.2) is 18.1 Å². The molecule has 2 heterocycles. The molecule has 1 amide bonds. The second-order valence-electron chi connectivity index (χ2n) is 9.30. The zero-order valence-electron chi connectivity index (χ0n) is 21.0. The maximum absolute atomic E-state index is 13.3. The lowest BCUT2D eigenvalue weighted by molar-refractivity contribution is -0.145. The Balaban J connectivity index is 1.37. The smallest absolute Gasteiger partial charge is 0.344 e. The largest absolute Gasteiger partial charge is 0.493 e. The number of rotatable bonds is 9. The van der Waals surface area contributed by atoms with Gasteiger partial charge in [-0.25, -0.2) is 4.79 Å². The van der Waals surface area contributed by atoms with Gasteiger partial charge < -0.3 is 23.4 Å². The molecule has 0 radical (unpaired) electrons. The van der Waals surface area contributed by atoms with Crippen molar-refractivity contribution in [2.24, 2.45) is 11.8 Å². The van der Waals surface area contributed by atoms with Crippen LogP contribution in [0.1, 0.15) is 38.4 Å². The molecular weight excluding hydrogens is 514 g/mol. The van der Waals surface area contributed by atoms with Crippen LogP contribution in [0.4, 0.5) is 0 Å². The minimum Gasteiger partial charge on any atom is -0.493 e. The van der Waals surface area contributed by atoms with E-state index in [1.807, 2.05) is 4.90 Å². The van der Waals surface area contributed by atoms with E-state index in [1.165, 1.54) is 45.2 Å². The Labute approximate surface area is 225 Å². The van der Waals surface area contributed by atoms with Crippen LogP contribution in [0.15, 0.2) is 33.6 Å². The number of nitrogens with zero attached hydrogens (tertiary/aromatic N) is 1. The van der Waals surface area contributed by atoms with E-state index in [0.717, 1.165) is 12.3 Å². The Morgan fingerprint density at radius 2 is 2.00 bits per heavy atom. The van der Waals surface area contributed by atoms with Gasteiger partial charge in [-0.3, -0.25) is 9.69 Å². The molecular formula is C27H29NO7S2. The van der Waals surface area contributed by atoms with Crippen molar-refractivity contribution in [2.45, 2.75) is 38.6 Å². The molecule has 196 valence electrons. The van der Waals surface area contributed by atoms with Crippen molar-refractivity contribution in [3.8, 4) is 28.6 Å². The van der Waals surface area contributed by atoms with E-state index in [4.69, 9.17) is 35.6 Å². The standard InChI is InChI=1S/C27H29NO7S2/c1-4-33-24(29)14-34-22-12-17(11-21(31-2)25(22)32-3)20-8-7-18(35-20)13-23-26(30)28(27(36)37-23)19-10-15-5-6-16(19)9-15/h7-8,11-13,15-16,19H,4-6,9-10,14H2,1-3H3. The van der Waals surface area contributed by atoms with Crippen molar-refractivity contribution in [2.75, 3.05) is 27.4 Å². The average Bonchev–Trinajstić information content (AvgIpc) is 3.68. The molecule has 8 nitrogen and oxygen atoms in total. The average molecular weight is 544 g/mol. The van der Waals surface area contributed by atoms with Gasteiger partial charge in [-0.15, -0.1) is 0 Å². The van der Waals surface area contributed by atoms with E-state index in [1.54, 1.807) is 37.3 Å². The highest BCUT2D eigenvalue weighted by Gasteiger charge is 2.48. The molecule has 0 N–H and O–H groups in total. The van der Waals surface area contributed by atoms with Crippen LogP contribution in [0.25, 0.3) is 17.4 Å². The van der Waals surface area contributed by atoms with Crippen LogP contribution in [0.5, 0.6) is 17.2 Å². The normalized spacial score (nSPS) is 23.7. The predicted octanol–water partition coefficient (Wildman–Crippen LogP) is 5.30. The molecule has 2 bridgehead atoms. The minimum absolute atomic E-state index is 0.0359. The van der Waals surface area contributed by atoms with Crippen LogP contribution in [0.2, 0.25) is 0 Å². The first-order valence-electron chi connectivity index (χ1n) is 12.3. The molecule has 10 heteroatoms. The third kappa shape index (κ3) is 5.09. The summed E-state index contributed by atoms with van der Waals surface area (Å²) in [6.07, 6.45) is 6.46. The van der Waals surface area contributed by atoms with Crippen LogP contribution in [-0.4, -0.2) is 54.6 Å². The number of thiocarbonyl (C=S) groups is 1. The van der Waals surface area contributed by atoms with Gasteiger partial charge in [0.2, 0.25) is 5.75 Å². The molecule has 2 aromatic rings. The van der Waals surface area contributed by atoms with Crippen LogP contribution >= 0.6 is 24.0 Å². The molecule has 2 aliphatic carbocycles. The number of hydrogen-bond acceptors (Lipinski definition) is 9. The lowest BCUT2D eigenvalue weighted by Gasteiger charge is -2.30. The molecule has 37 heavy (non-hydrogen) atoms. The van der Waals surface area contributed by atoms with Gasteiger partial charge >= 0.3 is 5.97 Å². The van der Waals surface area contributed by atoms with Crippen molar-refractivity contribution in [3.63, 3.8) is 0 Å². The van der Waals surface area contributed by atoms with E-state index in [0.29, 0.717) is 49.5 Å². The zero-order chi connectivity index (χ0) is 26.1. The molecule has 1 saturated heterocycles. The summed E-state index contributed by atoms with van der Waals surface area (Å²) < 4.78 is 28.2. The molecule has 3 atom stereocenters. The number of thioether (sulfide) groups is 1. The number of benzene rings is 1. The number of amides is 1. The molecule has 3 aliphatic rings. The van der Waals surface area contributed by atoms with E-state index in [9.17, 15) is 9.59 Å². The SMILES string of the molecule is CCOC(=O)COc1cc(-c2ccc(C=C3SC(=S)N(C4CC5CCC4C5)C3=O)o2)cc(OC)c1OC. The number of carbonyl (C=O) groups is 2. The second-order valence-corrected chi connectivity index (χ2v) is 11.0. The van der Waals surface area contributed by atoms with E-state index in [2.05, 4.69) is 0 Å². The minimum atomic E-state index is -0.489. The van der Waals surface area contributed by atoms with E-state index < -0.39 is 5.97 Å². The summed E-state index contributed by atoms with van der Waals surface area (Å²) in [4.78, 5) is 27.5. The maximum atomic E-state index is 13.3. The van der Waals surface area contributed by atoms with Crippen molar-refractivity contribution in [1.29, 1.82) is 0 Å². The van der Waals surface area contributed by atoms with Crippen molar-refractivity contribution in [3.05, 3.63) is 34.9 Å². The van der Waals surface area contributed by atoms with Gasteiger partial charge in [-0.1, -0.05) is 30.4 Å². The highest BCUT2D eigenvalue weighted by Crippen LogP contribution is 2.49. The summed E-state index contributed by atoms with van der Waals surface area (Å²) in [5, 5.41) is 0. The summed E-state index contributed by atoms with van der Waals surface area (Å²) in [5.74, 6) is 2.92. The molecule has 3 unspecified atom stereocenters. The van der Waals surface area contributed by atoms with Gasteiger partial charge in [-0.05, 0) is 62.3 Å². The summed E-state index contributed by atoms with van der Waals surface area (Å²) in [6, 6.07) is 7.29. The number of hydrogen-bond donors (Lipinski definition) is 0. The fourth-order valence-electron chi connectivity index (χ4n) is 5.53. The number of furan rings is 1. The Hall–Kier alpha value is -2.98. The molecule has 0 spiro atoms. The maximum Gasteiger partial charge on any atom is 0.344 e. The first-order chi connectivity index (χ1) is 17.9. The Bertz CT molecular complexity index is 1250. The van der Waals surface area contributed by atoms with Gasteiger partial charge in [0, 0.05) is 17.7 Å². The molecule has 1 aliphatic heterocycles. The van der Waals surface area contributed by atoms with Crippen LogP contribution in [-0.2, 0) is 14.3 Å². The second kappa shape index (κ2) is 10.8. The lowest BCUT2D eigenvalue weighted by Crippen LogP contribution is -2.41. The van der Waals surface area contributed by atoms with Gasteiger partial charge in [0.25, 0.3) is 5.91 Å². The lowest BCUT2D eigenvalue weighted by atomic mass is 9.94. The fourth-order valence-corrected chi connectivity index (χ4v) is 6.88. The Morgan fingerprint density at radius 3 is 2.68 bits per heavy atom. The summed E-state index contributed by atoms with van der Waals surface area (Å²) in [5.41, 5.74) is 0.658. The van der Waals surface area contributed by atoms with Gasteiger partial charge in [-0.2, -0.15) is 0 Å². The van der Waals surface area contributed by atoms with Gasteiger partial charge in [0.05, 0.1) is 25.7 Å². The number of fused-ring (bicyclic) bond motifs is 2. The van der Waals surface area contributed by atoms with E-state index >= 15 is 0 Å². The number of methoxy groups -OCH3 is 2. The number of esters is 1. The number of carbonyl (C=O) groups excluding carboxylic acids is 2. The predicted molar refractivity (Wildman–Crippen MR) is 144 cm³/mol. The Kier molecular flexibility index (Phi) is 7.48. The molecule has 5 rings (SSSR count). The molecule has 2 saturated carbocycles. The van der Waals surface area contributed by atoms with Crippen LogP contribution < -0.4 is 14.2 Å². The van der Waals surface area contributed by atoms with Crippen molar-refractivity contribution < 1.29 is 33.0 Å². The first kappa shape index (κ1) is 25.7. The fraction of sp³-hybridized carbons (Fsp3) is 0.444. The first-order valence-corrected chi connectivity index (χ1v) is 13.6. The topological polar surface area (TPSA) is 87.4 Å². The summed E-state index contributed by atoms with van der Waals surface area (Å²) >= 11 is 6.93. The third-order valence-corrected chi connectivity index (χ3v) is 8.47. The Morgan fingerprint density at radius 1 is 1.19 bits per heavy atom. The summed E-state index contributed by atoms with van der Waals surface area (Å²) in [7, 11) is 3.01. The number of ether oxygens (including phenoxy) is 4. The quantitative estimate of drug-likeness (QED) is 0.238. The third-order valence-electron chi connectivity index (χ3n) is 7.14. The molecule has 1 aromatic heterocycles. The monoisotopic (exact) mass is 543 g/mol. The summed E-state index contributed by atoms with van der Waals surface area (Å²) in [6.45, 7) is 1.72. The van der Waals surface area contributed by atoms with Gasteiger partial charge in [0.1, 0.15) is 15.8 Å². The van der Waals surface area contributed by atoms with Crippen molar-refractivity contribution >= 4 is 46.3 Å². The van der Waals surface area contributed by atoms with Crippen molar-refractivity contribution in [1.82, 2.24) is 4.90 Å².